The summed E-state index contributed by atoms with van der Waals surface area (Å²) < 4.78 is 11.6. The first-order valence-corrected chi connectivity index (χ1v) is 11.5. The fraction of sp³-hybridized carbons (Fsp3) is 0.192. The standard InChI is InChI=1S/C26H25N7O4/c1-32(2)9-10-37-24-13-20-22(14-23(24)36-3)29-25(16-5-4-6-19(12-16)33(34)35)30-26(20)28-18-7-8-21-17(11-18)15-27-31-21/h4-8,11-15H,9-10H2,1-3H3,(H,27,31)(H,28,29,30). The lowest BCUT2D eigenvalue weighted by Crippen LogP contribution is -2.19. The number of rotatable bonds is 9. The molecule has 5 rings (SSSR count). The molecule has 11 heteroatoms. The van der Waals surface area contributed by atoms with Crippen molar-refractivity contribution in [1.82, 2.24) is 25.1 Å². The van der Waals surface area contributed by atoms with E-state index < -0.39 is 4.92 Å². The number of aromatic amines is 1. The number of anilines is 2. The molecule has 0 saturated heterocycles. The largest absolute Gasteiger partial charge is 0.493 e. The Hall–Kier alpha value is -4.77. The minimum Gasteiger partial charge on any atom is -0.493 e. The first-order chi connectivity index (χ1) is 17.9. The average Bonchev–Trinajstić information content (AvgIpc) is 3.36. The monoisotopic (exact) mass is 499 g/mol. The smallest absolute Gasteiger partial charge is 0.270 e. The molecule has 2 N–H and O–H groups in total. The van der Waals surface area contributed by atoms with Crippen LogP contribution >= 0.6 is 0 Å². The molecule has 2 heterocycles. The van der Waals surface area contributed by atoms with Crippen LogP contribution in [0.4, 0.5) is 17.2 Å². The number of ether oxygens (including phenoxy) is 2. The van der Waals surface area contributed by atoms with E-state index in [1.807, 2.05) is 43.3 Å². The summed E-state index contributed by atoms with van der Waals surface area (Å²) in [6.45, 7) is 1.21. The second-order valence-electron chi connectivity index (χ2n) is 8.67. The van der Waals surface area contributed by atoms with Crippen LogP contribution in [0.15, 0.2) is 60.8 Å². The first kappa shape index (κ1) is 23.9. The second-order valence-corrected chi connectivity index (χ2v) is 8.67. The molecule has 2 aromatic heterocycles. The van der Waals surface area contributed by atoms with Crippen LogP contribution in [0.1, 0.15) is 0 Å². The molecule has 0 spiro atoms. The Balaban J connectivity index is 1.64. The van der Waals surface area contributed by atoms with E-state index >= 15 is 0 Å². The van der Waals surface area contributed by atoms with Crippen LogP contribution in [0.25, 0.3) is 33.2 Å². The number of likely N-dealkylation sites (N-methyl/N-ethyl adjacent to an activating group) is 1. The van der Waals surface area contributed by atoms with Gasteiger partial charge in [0.05, 0.1) is 29.3 Å². The number of methoxy groups -OCH3 is 1. The lowest BCUT2D eigenvalue weighted by atomic mass is 10.1. The molecule has 0 aliphatic heterocycles. The summed E-state index contributed by atoms with van der Waals surface area (Å²) in [5, 5.41) is 23.4. The number of nitro groups is 1. The zero-order valence-corrected chi connectivity index (χ0v) is 20.6. The minimum absolute atomic E-state index is 0.0386. The van der Waals surface area contributed by atoms with Crippen LogP contribution in [0, 0.1) is 10.1 Å². The molecule has 5 aromatic rings. The van der Waals surface area contributed by atoms with Gasteiger partial charge in [0.15, 0.2) is 17.3 Å². The molecule has 0 radical (unpaired) electrons. The van der Waals surface area contributed by atoms with Crippen molar-refractivity contribution in [2.45, 2.75) is 0 Å². The summed E-state index contributed by atoms with van der Waals surface area (Å²) in [5.74, 6) is 1.96. The van der Waals surface area contributed by atoms with Crippen molar-refractivity contribution in [2.24, 2.45) is 0 Å². The van der Waals surface area contributed by atoms with E-state index in [1.165, 1.54) is 12.1 Å². The highest BCUT2D eigenvalue weighted by Gasteiger charge is 2.17. The van der Waals surface area contributed by atoms with Crippen molar-refractivity contribution in [3.63, 3.8) is 0 Å². The fourth-order valence-electron chi connectivity index (χ4n) is 3.89. The number of nitro benzene ring substituents is 1. The van der Waals surface area contributed by atoms with Gasteiger partial charge in [0, 0.05) is 46.8 Å². The Kier molecular flexibility index (Phi) is 6.52. The fourth-order valence-corrected chi connectivity index (χ4v) is 3.89. The van der Waals surface area contributed by atoms with Gasteiger partial charge in [-0.25, -0.2) is 9.97 Å². The Morgan fingerprint density at radius 1 is 1.08 bits per heavy atom. The van der Waals surface area contributed by atoms with Gasteiger partial charge in [-0.2, -0.15) is 5.10 Å². The molecule has 0 aliphatic carbocycles. The summed E-state index contributed by atoms with van der Waals surface area (Å²) >= 11 is 0. The van der Waals surface area contributed by atoms with Gasteiger partial charge >= 0.3 is 0 Å². The summed E-state index contributed by atoms with van der Waals surface area (Å²) in [6, 6.07) is 15.7. The van der Waals surface area contributed by atoms with Crippen LogP contribution in [0.5, 0.6) is 11.5 Å². The summed E-state index contributed by atoms with van der Waals surface area (Å²) in [6.07, 6.45) is 1.74. The van der Waals surface area contributed by atoms with Gasteiger partial charge in [0.1, 0.15) is 12.4 Å². The van der Waals surface area contributed by atoms with Crippen molar-refractivity contribution in [2.75, 3.05) is 39.7 Å². The van der Waals surface area contributed by atoms with Gasteiger partial charge in [0.2, 0.25) is 0 Å². The lowest BCUT2D eigenvalue weighted by Gasteiger charge is -2.16. The summed E-state index contributed by atoms with van der Waals surface area (Å²) in [7, 11) is 5.52. The Morgan fingerprint density at radius 2 is 1.95 bits per heavy atom. The summed E-state index contributed by atoms with van der Waals surface area (Å²) in [4.78, 5) is 22.4. The molecule has 0 bridgehead atoms. The predicted octanol–water partition coefficient (Wildman–Crippen LogP) is 4.77. The van der Waals surface area contributed by atoms with Crippen molar-refractivity contribution in [3.8, 4) is 22.9 Å². The number of nitrogens with one attached hydrogen (secondary N) is 2. The highest BCUT2D eigenvalue weighted by Crippen LogP contribution is 2.37. The maximum absolute atomic E-state index is 11.4. The molecular formula is C26H25N7O4. The highest BCUT2D eigenvalue weighted by atomic mass is 16.6. The second kappa shape index (κ2) is 10.1. The Morgan fingerprint density at radius 3 is 2.73 bits per heavy atom. The number of fused-ring (bicyclic) bond motifs is 2. The van der Waals surface area contributed by atoms with Crippen molar-refractivity contribution in [1.29, 1.82) is 0 Å². The minimum atomic E-state index is -0.440. The molecule has 11 nitrogen and oxygen atoms in total. The van der Waals surface area contributed by atoms with Crippen LogP contribution < -0.4 is 14.8 Å². The zero-order valence-electron chi connectivity index (χ0n) is 20.6. The SMILES string of the molecule is COc1cc2nc(-c3cccc([N+](=O)[O-])c3)nc(Nc3ccc4[nH]ncc4c3)c2cc1OCCN(C)C. The Labute approximate surface area is 212 Å². The maximum Gasteiger partial charge on any atom is 0.270 e. The van der Waals surface area contributed by atoms with Gasteiger partial charge < -0.3 is 19.7 Å². The van der Waals surface area contributed by atoms with Crippen LogP contribution in [0.3, 0.4) is 0 Å². The van der Waals surface area contributed by atoms with Crippen LogP contribution in [-0.2, 0) is 0 Å². The molecule has 37 heavy (non-hydrogen) atoms. The molecule has 0 saturated carbocycles. The number of aromatic nitrogens is 4. The summed E-state index contributed by atoms with van der Waals surface area (Å²) in [5.41, 5.74) is 2.79. The molecule has 0 amide bonds. The highest BCUT2D eigenvalue weighted by molar-refractivity contribution is 5.95. The third kappa shape index (κ3) is 5.11. The molecule has 0 aliphatic rings. The average molecular weight is 500 g/mol. The van der Waals surface area contributed by atoms with Gasteiger partial charge in [-0.1, -0.05) is 12.1 Å². The van der Waals surface area contributed by atoms with E-state index in [4.69, 9.17) is 19.4 Å². The first-order valence-electron chi connectivity index (χ1n) is 11.5. The molecule has 188 valence electrons. The maximum atomic E-state index is 11.4. The van der Waals surface area contributed by atoms with E-state index in [-0.39, 0.29) is 5.69 Å². The molecule has 0 fully saturated rings. The molecule has 3 aromatic carbocycles. The van der Waals surface area contributed by atoms with Crippen molar-refractivity contribution < 1.29 is 14.4 Å². The van der Waals surface area contributed by atoms with Crippen LogP contribution in [0.2, 0.25) is 0 Å². The van der Waals surface area contributed by atoms with Crippen LogP contribution in [-0.4, -0.2) is 64.3 Å². The van der Waals surface area contributed by atoms with Gasteiger partial charge in [0.25, 0.3) is 5.69 Å². The molecule has 0 atom stereocenters. The normalized spacial score (nSPS) is 11.2. The predicted molar refractivity (Wildman–Crippen MR) is 142 cm³/mol. The topological polar surface area (TPSA) is 131 Å². The van der Waals surface area contributed by atoms with E-state index in [0.717, 1.165) is 23.1 Å². The number of non-ortho nitro benzene ring substituents is 1. The number of hydrogen-bond donors (Lipinski definition) is 2. The number of benzene rings is 3. The zero-order chi connectivity index (χ0) is 25.9. The molecule has 0 unspecified atom stereocenters. The van der Waals surface area contributed by atoms with Gasteiger partial charge in [-0.15, -0.1) is 0 Å². The van der Waals surface area contributed by atoms with Crippen molar-refractivity contribution >= 4 is 39.0 Å². The third-order valence-corrected chi connectivity index (χ3v) is 5.80. The third-order valence-electron chi connectivity index (χ3n) is 5.80. The molecular weight excluding hydrogens is 474 g/mol. The number of nitrogens with zero attached hydrogens (tertiary/aromatic N) is 5. The van der Waals surface area contributed by atoms with E-state index in [1.54, 1.807) is 31.5 Å². The Bertz CT molecular complexity index is 1600. The lowest BCUT2D eigenvalue weighted by molar-refractivity contribution is -0.384. The number of H-pyrrole nitrogens is 1. The quantitative estimate of drug-likeness (QED) is 0.217. The van der Waals surface area contributed by atoms with Crippen molar-refractivity contribution in [3.05, 3.63) is 70.9 Å². The number of hydrogen-bond acceptors (Lipinski definition) is 9. The van der Waals surface area contributed by atoms with E-state index in [9.17, 15) is 10.1 Å². The van der Waals surface area contributed by atoms with E-state index in [0.29, 0.717) is 46.2 Å². The van der Waals surface area contributed by atoms with Gasteiger partial charge in [-0.3, -0.25) is 15.2 Å². The van der Waals surface area contributed by atoms with E-state index in [2.05, 4.69) is 15.5 Å². The van der Waals surface area contributed by atoms with Gasteiger partial charge in [-0.05, 0) is 38.4 Å².